The van der Waals surface area contributed by atoms with E-state index in [1.54, 1.807) is 45.2 Å². The molecule has 0 aliphatic carbocycles. The summed E-state index contributed by atoms with van der Waals surface area (Å²) < 4.78 is 17.5. The van der Waals surface area contributed by atoms with Crippen molar-refractivity contribution in [3.8, 4) is 22.9 Å². The highest BCUT2D eigenvalue weighted by molar-refractivity contribution is 9.10. The number of fused-ring (bicyclic) bond motifs is 1. The largest absolute Gasteiger partial charge is 0.496 e. The van der Waals surface area contributed by atoms with Gasteiger partial charge in [0.25, 0.3) is 5.56 Å². The molecule has 0 amide bonds. The third kappa shape index (κ3) is 6.91. The molecule has 3 aromatic carbocycles. The van der Waals surface area contributed by atoms with Gasteiger partial charge in [0.15, 0.2) is 12.4 Å². The summed E-state index contributed by atoms with van der Waals surface area (Å²) >= 11 is 3.30. The van der Waals surface area contributed by atoms with Crippen LogP contribution < -0.4 is 15.0 Å². The van der Waals surface area contributed by atoms with E-state index in [-0.39, 0.29) is 22.2 Å². The van der Waals surface area contributed by atoms with E-state index in [0.29, 0.717) is 27.9 Å². The first-order valence-corrected chi connectivity index (χ1v) is 14.3. The number of hydrogen-bond acceptors (Lipinski definition) is 9. The van der Waals surface area contributed by atoms with Crippen LogP contribution in [0.15, 0.2) is 62.9 Å². The first-order chi connectivity index (χ1) is 20.4. The number of nitro groups is 1. The molecule has 1 aromatic heterocycles. The van der Waals surface area contributed by atoms with Crippen LogP contribution in [0.4, 0.5) is 5.69 Å². The number of rotatable bonds is 10. The molecular weight excluding hydrogens is 620 g/mol. The summed E-state index contributed by atoms with van der Waals surface area (Å²) in [7, 11) is 1.61. The fourth-order valence-corrected chi connectivity index (χ4v) is 5.06. The predicted octanol–water partition coefficient (Wildman–Crippen LogP) is 6.39. The number of aromatic nitrogens is 2. The van der Waals surface area contributed by atoms with Gasteiger partial charge in [-0.2, -0.15) is 9.78 Å². The Morgan fingerprint density at radius 1 is 1.16 bits per heavy atom. The van der Waals surface area contributed by atoms with Crippen LogP contribution >= 0.6 is 15.9 Å². The fraction of sp³-hybridized carbons (Fsp3) is 0.290. The van der Waals surface area contributed by atoms with Crippen molar-refractivity contribution in [1.82, 2.24) is 9.66 Å². The van der Waals surface area contributed by atoms with Crippen LogP contribution in [0.1, 0.15) is 50.3 Å². The Morgan fingerprint density at radius 2 is 1.88 bits per heavy atom. The predicted molar refractivity (Wildman–Crippen MR) is 167 cm³/mol. The van der Waals surface area contributed by atoms with Gasteiger partial charge in [0, 0.05) is 17.2 Å². The van der Waals surface area contributed by atoms with Crippen molar-refractivity contribution < 1.29 is 23.9 Å². The van der Waals surface area contributed by atoms with E-state index in [4.69, 9.17) is 19.2 Å². The average Bonchev–Trinajstić information content (AvgIpc) is 2.95. The van der Waals surface area contributed by atoms with Gasteiger partial charge in [0.1, 0.15) is 5.75 Å². The second kappa shape index (κ2) is 13.2. The molecule has 0 bridgehead atoms. The zero-order valence-electron chi connectivity index (χ0n) is 24.6. The molecule has 0 spiro atoms. The normalized spacial score (nSPS) is 11.5. The van der Waals surface area contributed by atoms with Crippen LogP contribution in [0, 0.1) is 17.0 Å². The lowest BCUT2D eigenvalue weighted by molar-refractivity contribution is -0.385. The lowest BCUT2D eigenvalue weighted by Gasteiger charge is -2.17. The Bertz CT molecular complexity index is 1800. The number of esters is 1. The van der Waals surface area contributed by atoms with Gasteiger partial charge in [0.2, 0.25) is 5.75 Å². The molecule has 4 rings (SSSR count). The van der Waals surface area contributed by atoms with Crippen LogP contribution in [-0.2, 0) is 9.53 Å². The summed E-state index contributed by atoms with van der Waals surface area (Å²) in [5.41, 5.74) is 2.45. The summed E-state index contributed by atoms with van der Waals surface area (Å²) in [4.78, 5) is 41.7. The number of nitrogens with zero attached hydrogens (tertiary/aromatic N) is 4. The van der Waals surface area contributed by atoms with E-state index < -0.39 is 28.7 Å². The molecule has 224 valence electrons. The number of ether oxygens (including phenoxy) is 3. The molecule has 43 heavy (non-hydrogen) atoms. The minimum atomic E-state index is -0.660. The van der Waals surface area contributed by atoms with Crippen LogP contribution in [0.3, 0.4) is 0 Å². The van der Waals surface area contributed by atoms with Crippen molar-refractivity contribution in [3.63, 3.8) is 0 Å². The van der Waals surface area contributed by atoms with E-state index in [1.165, 1.54) is 23.0 Å². The SMILES string of the molecule is COc1cc(C)c(-c2nc3ccccc3c(=O)n2N=Cc2cc(Br)c(OCC(=O)OC(C)C)c([N+](=O)[O-])c2)cc1C(C)C. The van der Waals surface area contributed by atoms with Gasteiger partial charge < -0.3 is 14.2 Å². The van der Waals surface area contributed by atoms with Gasteiger partial charge >= 0.3 is 11.7 Å². The fourth-order valence-electron chi connectivity index (χ4n) is 4.48. The Labute approximate surface area is 256 Å². The van der Waals surface area contributed by atoms with Crippen molar-refractivity contribution in [1.29, 1.82) is 0 Å². The van der Waals surface area contributed by atoms with Gasteiger partial charge in [-0.15, -0.1) is 0 Å². The van der Waals surface area contributed by atoms with Crippen molar-refractivity contribution >= 4 is 44.7 Å². The van der Waals surface area contributed by atoms with Crippen LogP contribution in [0.2, 0.25) is 0 Å². The Balaban J connectivity index is 1.84. The number of methoxy groups -OCH3 is 1. The van der Waals surface area contributed by atoms with E-state index in [9.17, 15) is 19.7 Å². The summed E-state index contributed by atoms with van der Waals surface area (Å²) in [6.45, 7) is 8.85. The smallest absolute Gasteiger partial charge is 0.344 e. The van der Waals surface area contributed by atoms with Gasteiger partial charge in [-0.05, 0) is 84.1 Å². The molecule has 0 saturated heterocycles. The molecule has 1 heterocycles. The minimum Gasteiger partial charge on any atom is -0.496 e. The summed E-state index contributed by atoms with van der Waals surface area (Å²) in [5, 5.41) is 16.7. The van der Waals surface area contributed by atoms with Crippen molar-refractivity contribution in [2.75, 3.05) is 13.7 Å². The molecule has 0 N–H and O–H groups in total. The standard InChI is InChI=1S/C31H31BrN4O7/c1-17(2)22-14-23(19(5)11-27(22)41-6)30-34-25-10-8-7-9-21(25)31(38)35(30)33-15-20-12-24(32)29(26(13-20)36(39)40)42-16-28(37)43-18(3)4/h7-15,17-18H,16H2,1-6H3. The number of carbonyl (C=O) groups is 1. The van der Waals surface area contributed by atoms with E-state index in [1.807, 2.05) is 32.9 Å². The molecular formula is C31H31BrN4O7. The zero-order chi connectivity index (χ0) is 31.4. The van der Waals surface area contributed by atoms with Gasteiger partial charge in [0.05, 0.1) is 39.7 Å². The highest BCUT2D eigenvalue weighted by Gasteiger charge is 2.22. The molecule has 0 radical (unpaired) electrons. The lowest BCUT2D eigenvalue weighted by atomic mass is 9.96. The molecule has 4 aromatic rings. The maximum atomic E-state index is 13.7. The van der Waals surface area contributed by atoms with Crippen molar-refractivity contribution in [2.45, 2.75) is 46.6 Å². The molecule has 0 aliphatic heterocycles. The zero-order valence-corrected chi connectivity index (χ0v) is 26.2. The van der Waals surface area contributed by atoms with Crippen molar-refractivity contribution in [3.05, 3.63) is 90.2 Å². The third-order valence-corrected chi connectivity index (χ3v) is 7.05. The van der Waals surface area contributed by atoms with Gasteiger partial charge in [-0.3, -0.25) is 14.9 Å². The van der Waals surface area contributed by atoms with Crippen LogP contribution in [0.25, 0.3) is 22.3 Å². The number of carbonyl (C=O) groups excluding carboxylic acids is 1. The van der Waals surface area contributed by atoms with Crippen molar-refractivity contribution in [2.24, 2.45) is 5.10 Å². The average molecular weight is 652 g/mol. The van der Waals surface area contributed by atoms with E-state index in [0.717, 1.165) is 16.9 Å². The number of nitro benzene ring substituents is 1. The topological polar surface area (TPSA) is 135 Å². The van der Waals surface area contributed by atoms with E-state index in [2.05, 4.69) is 21.0 Å². The maximum Gasteiger partial charge on any atom is 0.344 e. The molecule has 0 saturated carbocycles. The monoisotopic (exact) mass is 650 g/mol. The second-order valence-corrected chi connectivity index (χ2v) is 11.2. The van der Waals surface area contributed by atoms with Crippen LogP contribution in [0.5, 0.6) is 11.5 Å². The summed E-state index contributed by atoms with van der Waals surface area (Å²) in [6.07, 6.45) is 0.975. The number of para-hydroxylation sites is 1. The number of aryl methyl sites for hydroxylation is 1. The summed E-state index contributed by atoms with van der Waals surface area (Å²) in [6, 6.07) is 13.6. The van der Waals surface area contributed by atoms with Crippen LogP contribution in [-0.4, -0.2) is 46.6 Å². The summed E-state index contributed by atoms with van der Waals surface area (Å²) in [5.74, 6) is 0.366. The number of hydrogen-bond donors (Lipinski definition) is 0. The van der Waals surface area contributed by atoms with Gasteiger partial charge in [-0.25, -0.2) is 9.78 Å². The Kier molecular flexibility index (Phi) is 9.59. The Hall–Kier alpha value is -4.58. The number of benzene rings is 3. The highest BCUT2D eigenvalue weighted by Crippen LogP contribution is 2.37. The minimum absolute atomic E-state index is 0.129. The highest BCUT2D eigenvalue weighted by atomic mass is 79.9. The molecule has 0 atom stereocenters. The molecule has 11 nitrogen and oxygen atoms in total. The molecule has 0 aliphatic rings. The maximum absolute atomic E-state index is 13.7. The molecule has 12 heteroatoms. The number of halogens is 1. The Morgan fingerprint density at radius 3 is 2.53 bits per heavy atom. The first-order valence-electron chi connectivity index (χ1n) is 13.5. The van der Waals surface area contributed by atoms with E-state index >= 15 is 0 Å². The molecule has 0 fully saturated rings. The first kappa shape index (κ1) is 31.4. The lowest BCUT2D eigenvalue weighted by Crippen LogP contribution is -2.21. The third-order valence-electron chi connectivity index (χ3n) is 6.46. The second-order valence-electron chi connectivity index (χ2n) is 10.3. The molecule has 0 unspecified atom stereocenters. The quantitative estimate of drug-likeness (QED) is 0.0834. The van der Waals surface area contributed by atoms with Gasteiger partial charge in [-0.1, -0.05) is 26.0 Å².